The van der Waals surface area contributed by atoms with Gasteiger partial charge in [-0.3, -0.25) is 0 Å². The van der Waals surface area contributed by atoms with E-state index in [1.165, 1.54) is 60.4 Å². The molecule has 0 N–H and O–H groups in total. The first-order chi connectivity index (χ1) is 32.2. The van der Waals surface area contributed by atoms with Gasteiger partial charge in [0.25, 0.3) is 0 Å². The van der Waals surface area contributed by atoms with Crippen LogP contribution in [-0.2, 0) is 0 Å². The molecule has 0 aliphatic carbocycles. The standard InChI is InChI=1S/C62H41N3/c1-5-17-42(18-6-1)48-33-36-60-55(39-48)56-40-49(43-19-7-2-8-20-43)34-37-61(56)65(60)59-38-35-51(52-26-14-16-28-54(52)59)45-29-31-47(32-30-45)62-63-57(46-23-11-4-12-24-46)41-58(64-62)53-27-15-13-25-50(53)44-21-9-3-10-22-44/h1-41H. The molecule has 0 aliphatic rings. The minimum Gasteiger partial charge on any atom is -0.309 e. The molecule has 65 heavy (non-hydrogen) atoms. The molecule has 3 nitrogen and oxygen atoms in total. The first-order valence-electron chi connectivity index (χ1n) is 22.1. The third-order valence-electron chi connectivity index (χ3n) is 12.7. The second kappa shape index (κ2) is 16.2. The Hall–Kier alpha value is -8.66. The topological polar surface area (TPSA) is 30.7 Å². The van der Waals surface area contributed by atoms with Gasteiger partial charge in [0, 0.05) is 32.8 Å². The van der Waals surface area contributed by atoms with Gasteiger partial charge in [0.1, 0.15) is 0 Å². The highest BCUT2D eigenvalue weighted by Crippen LogP contribution is 2.41. The van der Waals surface area contributed by atoms with Crippen molar-refractivity contribution in [1.82, 2.24) is 14.5 Å². The SMILES string of the molecule is c1ccc(-c2ccc3c(c2)c2cc(-c4ccccc4)ccc2n3-c2ccc(-c3ccc(-c4nc(-c5ccccc5)cc(-c5ccccc5-c5ccccc5)n4)cc3)c3ccccc23)cc1. The van der Waals surface area contributed by atoms with E-state index >= 15 is 0 Å². The minimum absolute atomic E-state index is 0.688. The summed E-state index contributed by atoms with van der Waals surface area (Å²) in [5, 5.41) is 4.84. The van der Waals surface area contributed by atoms with Crippen LogP contribution in [-0.4, -0.2) is 14.5 Å². The van der Waals surface area contributed by atoms with Crippen molar-refractivity contribution in [2.75, 3.05) is 0 Å². The zero-order valence-electron chi connectivity index (χ0n) is 35.5. The van der Waals surface area contributed by atoms with Crippen molar-refractivity contribution in [3.8, 4) is 84.1 Å². The molecule has 12 rings (SSSR count). The number of benzene rings is 10. The van der Waals surface area contributed by atoms with Gasteiger partial charge in [-0.1, -0.05) is 212 Å². The second-order valence-corrected chi connectivity index (χ2v) is 16.5. The zero-order valence-corrected chi connectivity index (χ0v) is 35.5. The van der Waals surface area contributed by atoms with E-state index in [-0.39, 0.29) is 0 Å². The Kier molecular flexibility index (Phi) is 9.50. The van der Waals surface area contributed by atoms with Gasteiger partial charge in [-0.05, 0) is 86.3 Å². The molecule has 0 fully saturated rings. The quantitative estimate of drug-likeness (QED) is 0.153. The van der Waals surface area contributed by atoms with Crippen LogP contribution in [0.25, 0.3) is 117 Å². The molecule has 304 valence electrons. The lowest BCUT2D eigenvalue weighted by atomic mass is 9.95. The van der Waals surface area contributed by atoms with Gasteiger partial charge in [-0.25, -0.2) is 9.97 Å². The fourth-order valence-corrected chi connectivity index (χ4v) is 9.48. The second-order valence-electron chi connectivity index (χ2n) is 16.5. The highest BCUT2D eigenvalue weighted by Gasteiger charge is 2.19. The highest BCUT2D eigenvalue weighted by atomic mass is 15.0. The van der Waals surface area contributed by atoms with Gasteiger partial charge >= 0.3 is 0 Å². The molecule has 0 bridgehead atoms. The number of hydrogen-bond acceptors (Lipinski definition) is 2. The maximum Gasteiger partial charge on any atom is 0.160 e. The summed E-state index contributed by atoms with van der Waals surface area (Å²) in [5.74, 6) is 0.688. The van der Waals surface area contributed by atoms with E-state index in [1.807, 2.05) is 6.07 Å². The average Bonchev–Trinajstić information content (AvgIpc) is 3.72. The first kappa shape index (κ1) is 38.0. The van der Waals surface area contributed by atoms with E-state index in [9.17, 15) is 0 Å². The smallest absolute Gasteiger partial charge is 0.160 e. The molecule has 3 heteroatoms. The number of hydrogen-bond donors (Lipinski definition) is 0. The normalized spacial score (nSPS) is 11.4. The minimum atomic E-state index is 0.688. The van der Waals surface area contributed by atoms with Crippen LogP contribution in [0.3, 0.4) is 0 Å². The Morgan fingerprint density at radius 2 is 0.692 bits per heavy atom. The van der Waals surface area contributed by atoms with Crippen molar-refractivity contribution in [3.05, 3.63) is 249 Å². The van der Waals surface area contributed by atoms with Crippen molar-refractivity contribution < 1.29 is 0 Å². The molecular weight excluding hydrogens is 787 g/mol. The predicted octanol–water partition coefficient (Wildman–Crippen LogP) is 16.4. The molecule has 0 atom stereocenters. The molecule has 2 heterocycles. The monoisotopic (exact) mass is 827 g/mol. The van der Waals surface area contributed by atoms with Gasteiger partial charge in [0.05, 0.1) is 28.1 Å². The number of fused-ring (bicyclic) bond motifs is 4. The summed E-state index contributed by atoms with van der Waals surface area (Å²) in [5.41, 5.74) is 17.8. The van der Waals surface area contributed by atoms with Crippen LogP contribution in [0.1, 0.15) is 0 Å². The molecule has 0 spiro atoms. The molecule has 0 amide bonds. The lowest BCUT2D eigenvalue weighted by molar-refractivity contribution is 1.18. The van der Waals surface area contributed by atoms with Crippen LogP contribution in [0, 0.1) is 0 Å². The van der Waals surface area contributed by atoms with Crippen molar-refractivity contribution >= 4 is 32.6 Å². The Morgan fingerprint density at radius 1 is 0.246 bits per heavy atom. The van der Waals surface area contributed by atoms with Crippen molar-refractivity contribution in [2.24, 2.45) is 0 Å². The zero-order chi connectivity index (χ0) is 43.1. The van der Waals surface area contributed by atoms with Crippen LogP contribution in [0.2, 0.25) is 0 Å². The highest BCUT2D eigenvalue weighted by molar-refractivity contribution is 6.13. The van der Waals surface area contributed by atoms with Crippen LogP contribution < -0.4 is 0 Å². The first-order valence-corrected chi connectivity index (χ1v) is 22.1. The fourth-order valence-electron chi connectivity index (χ4n) is 9.48. The molecule has 2 aromatic heterocycles. The van der Waals surface area contributed by atoms with E-state index in [1.54, 1.807) is 0 Å². The number of aromatic nitrogens is 3. The summed E-state index contributed by atoms with van der Waals surface area (Å²) in [6, 6.07) is 88.8. The molecule has 12 aromatic rings. The largest absolute Gasteiger partial charge is 0.309 e. The summed E-state index contributed by atoms with van der Waals surface area (Å²) in [6.07, 6.45) is 0. The molecule has 0 saturated carbocycles. The van der Waals surface area contributed by atoms with Gasteiger partial charge in [0.15, 0.2) is 5.82 Å². The maximum absolute atomic E-state index is 5.26. The van der Waals surface area contributed by atoms with Crippen molar-refractivity contribution in [3.63, 3.8) is 0 Å². The van der Waals surface area contributed by atoms with Crippen LogP contribution in [0.5, 0.6) is 0 Å². The molecule has 10 aromatic carbocycles. The summed E-state index contributed by atoms with van der Waals surface area (Å²) in [7, 11) is 0. The Morgan fingerprint density at radius 3 is 1.29 bits per heavy atom. The Labute approximate surface area is 378 Å². The van der Waals surface area contributed by atoms with E-state index in [4.69, 9.17) is 9.97 Å². The van der Waals surface area contributed by atoms with Gasteiger partial charge in [0.2, 0.25) is 0 Å². The molecule has 0 unspecified atom stereocenters. The lowest BCUT2D eigenvalue weighted by Gasteiger charge is -2.16. The van der Waals surface area contributed by atoms with Crippen LogP contribution in [0.15, 0.2) is 249 Å². The third-order valence-corrected chi connectivity index (χ3v) is 12.7. The van der Waals surface area contributed by atoms with Crippen molar-refractivity contribution in [1.29, 1.82) is 0 Å². The van der Waals surface area contributed by atoms with Crippen molar-refractivity contribution in [2.45, 2.75) is 0 Å². The molecule has 0 radical (unpaired) electrons. The number of rotatable bonds is 8. The van der Waals surface area contributed by atoms with E-state index in [0.717, 1.165) is 50.5 Å². The fraction of sp³-hybridized carbons (Fsp3) is 0. The van der Waals surface area contributed by atoms with Gasteiger partial charge in [-0.2, -0.15) is 0 Å². The van der Waals surface area contributed by atoms with Gasteiger partial charge < -0.3 is 4.57 Å². The maximum atomic E-state index is 5.26. The van der Waals surface area contributed by atoms with E-state index in [2.05, 4.69) is 247 Å². The molecular formula is C62H41N3. The average molecular weight is 828 g/mol. The van der Waals surface area contributed by atoms with E-state index < -0.39 is 0 Å². The summed E-state index contributed by atoms with van der Waals surface area (Å²) < 4.78 is 2.45. The van der Waals surface area contributed by atoms with E-state index in [0.29, 0.717) is 5.82 Å². The van der Waals surface area contributed by atoms with Crippen LogP contribution in [0.4, 0.5) is 0 Å². The predicted molar refractivity (Wildman–Crippen MR) is 272 cm³/mol. The Bertz CT molecular complexity index is 3570. The Balaban J connectivity index is 0.973. The van der Waals surface area contributed by atoms with Gasteiger partial charge in [-0.15, -0.1) is 0 Å². The van der Waals surface area contributed by atoms with Crippen LogP contribution >= 0.6 is 0 Å². The summed E-state index contributed by atoms with van der Waals surface area (Å²) in [6.45, 7) is 0. The third kappa shape index (κ3) is 6.97. The number of nitrogens with zero attached hydrogens (tertiary/aromatic N) is 3. The molecule has 0 saturated heterocycles. The summed E-state index contributed by atoms with van der Waals surface area (Å²) >= 11 is 0. The summed E-state index contributed by atoms with van der Waals surface area (Å²) in [4.78, 5) is 10.4. The molecule has 0 aliphatic heterocycles. The lowest BCUT2D eigenvalue weighted by Crippen LogP contribution is -1.97.